The van der Waals surface area contributed by atoms with Crippen LogP contribution in [0.25, 0.3) is 0 Å². The summed E-state index contributed by atoms with van der Waals surface area (Å²) in [6, 6.07) is 5.11. The highest BCUT2D eigenvalue weighted by molar-refractivity contribution is 14.0. The van der Waals surface area contributed by atoms with Gasteiger partial charge in [-0.1, -0.05) is 12.1 Å². The molecule has 6 heteroatoms. The third-order valence-corrected chi connectivity index (χ3v) is 3.20. The van der Waals surface area contributed by atoms with Gasteiger partial charge in [0.15, 0.2) is 5.96 Å². The zero-order valence-electron chi connectivity index (χ0n) is 14.3. The first kappa shape index (κ1) is 22.1. The molecule has 0 aliphatic carbocycles. The van der Waals surface area contributed by atoms with E-state index in [1.54, 1.807) is 13.0 Å². The summed E-state index contributed by atoms with van der Waals surface area (Å²) in [6.45, 7) is 9.60. The predicted octanol–water partition coefficient (Wildman–Crippen LogP) is 3.62. The summed E-state index contributed by atoms with van der Waals surface area (Å²) in [5.74, 6) is 0.618. The molecule has 0 saturated heterocycles. The van der Waals surface area contributed by atoms with E-state index in [1.165, 1.54) is 6.07 Å². The van der Waals surface area contributed by atoms with E-state index in [0.29, 0.717) is 12.1 Å². The Morgan fingerprint density at radius 2 is 2.00 bits per heavy atom. The van der Waals surface area contributed by atoms with Crippen LogP contribution in [0.1, 0.15) is 37.8 Å². The van der Waals surface area contributed by atoms with Crippen LogP contribution in [0.5, 0.6) is 0 Å². The van der Waals surface area contributed by atoms with E-state index < -0.39 is 0 Å². The molecule has 0 spiro atoms. The smallest absolute Gasteiger partial charge is 0.191 e. The van der Waals surface area contributed by atoms with Gasteiger partial charge >= 0.3 is 0 Å². The van der Waals surface area contributed by atoms with E-state index in [2.05, 4.69) is 15.6 Å². The fraction of sp³-hybridized carbons (Fsp3) is 0.588. The van der Waals surface area contributed by atoms with Crippen molar-refractivity contribution in [3.8, 4) is 0 Å². The fourth-order valence-corrected chi connectivity index (χ4v) is 2.00. The molecule has 0 aliphatic heterocycles. The van der Waals surface area contributed by atoms with Gasteiger partial charge in [-0.15, -0.1) is 24.0 Å². The molecule has 0 amide bonds. The number of hydrogen-bond acceptors (Lipinski definition) is 2. The summed E-state index contributed by atoms with van der Waals surface area (Å²) in [5.41, 5.74) is 1.66. The van der Waals surface area contributed by atoms with Gasteiger partial charge in [0.1, 0.15) is 5.82 Å². The van der Waals surface area contributed by atoms with E-state index in [1.807, 2.05) is 19.9 Å². The molecule has 0 radical (unpaired) electrons. The van der Waals surface area contributed by atoms with Crippen LogP contribution in [0.2, 0.25) is 0 Å². The average molecular weight is 437 g/mol. The van der Waals surface area contributed by atoms with E-state index >= 15 is 0 Å². The lowest BCUT2D eigenvalue weighted by Crippen LogP contribution is -2.37. The van der Waals surface area contributed by atoms with Crippen LogP contribution < -0.4 is 10.6 Å². The molecule has 4 nitrogen and oxygen atoms in total. The fourth-order valence-electron chi connectivity index (χ4n) is 2.00. The maximum Gasteiger partial charge on any atom is 0.191 e. The van der Waals surface area contributed by atoms with Crippen LogP contribution in [0.3, 0.4) is 0 Å². The van der Waals surface area contributed by atoms with Crippen LogP contribution in [-0.4, -0.2) is 32.3 Å². The number of aryl methyl sites for hydroxylation is 1. The van der Waals surface area contributed by atoms with Crippen molar-refractivity contribution >= 4 is 29.9 Å². The summed E-state index contributed by atoms with van der Waals surface area (Å²) in [5, 5.41) is 6.52. The second-order valence-corrected chi connectivity index (χ2v) is 5.11. The molecule has 0 saturated carbocycles. The quantitative estimate of drug-likeness (QED) is 0.269. The number of hydrogen-bond donors (Lipinski definition) is 2. The first-order chi connectivity index (χ1) is 10.7. The Morgan fingerprint density at radius 1 is 1.22 bits per heavy atom. The summed E-state index contributed by atoms with van der Waals surface area (Å²) in [7, 11) is 0. The third kappa shape index (κ3) is 9.76. The van der Waals surface area contributed by atoms with Gasteiger partial charge in [0.25, 0.3) is 0 Å². The van der Waals surface area contributed by atoms with E-state index in [9.17, 15) is 4.39 Å². The lowest BCUT2D eigenvalue weighted by atomic mass is 10.1. The van der Waals surface area contributed by atoms with Crippen molar-refractivity contribution < 1.29 is 9.13 Å². The molecule has 0 aromatic heterocycles. The minimum atomic E-state index is -0.174. The molecule has 132 valence electrons. The Hall–Kier alpha value is -0.890. The molecular weight excluding hydrogens is 408 g/mol. The van der Waals surface area contributed by atoms with Crippen molar-refractivity contribution in [3.63, 3.8) is 0 Å². The number of nitrogens with zero attached hydrogens (tertiary/aromatic N) is 1. The van der Waals surface area contributed by atoms with Crippen LogP contribution in [0.4, 0.5) is 4.39 Å². The summed E-state index contributed by atoms with van der Waals surface area (Å²) >= 11 is 0. The van der Waals surface area contributed by atoms with Gasteiger partial charge < -0.3 is 15.4 Å². The third-order valence-electron chi connectivity index (χ3n) is 3.20. The molecule has 0 atom stereocenters. The molecule has 1 rings (SSSR count). The van der Waals surface area contributed by atoms with Crippen molar-refractivity contribution in [3.05, 3.63) is 35.1 Å². The van der Waals surface area contributed by atoms with Gasteiger partial charge in [0.2, 0.25) is 0 Å². The van der Waals surface area contributed by atoms with Crippen molar-refractivity contribution in [2.45, 2.75) is 40.2 Å². The first-order valence-electron chi connectivity index (χ1n) is 8.02. The molecular formula is C17H29FIN3O. The van der Waals surface area contributed by atoms with Crippen LogP contribution >= 0.6 is 24.0 Å². The molecule has 0 aliphatic rings. The van der Waals surface area contributed by atoms with Crippen molar-refractivity contribution in [1.82, 2.24) is 10.6 Å². The SMILES string of the molecule is CCNC(=NCc1ccc(F)c(C)c1)NCCCCOCC.I. The maximum atomic E-state index is 13.2. The highest BCUT2D eigenvalue weighted by Crippen LogP contribution is 2.09. The van der Waals surface area contributed by atoms with E-state index in [4.69, 9.17) is 4.74 Å². The number of rotatable bonds is 9. The van der Waals surface area contributed by atoms with E-state index in [-0.39, 0.29) is 29.8 Å². The van der Waals surface area contributed by atoms with Crippen LogP contribution in [0.15, 0.2) is 23.2 Å². The minimum absolute atomic E-state index is 0. The molecule has 0 unspecified atom stereocenters. The molecule has 23 heavy (non-hydrogen) atoms. The molecule has 2 N–H and O–H groups in total. The maximum absolute atomic E-state index is 13.2. The van der Waals surface area contributed by atoms with Crippen molar-refractivity contribution in [2.24, 2.45) is 4.99 Å². The summed E-state index contributed by atoms with van der Waals surface area (Å²) in [6.07, 6.45) is 2.08. The molecule has 0 fully saturated rings. The first-order valence-corrected chi connectivity index (χ1v) is 8.02. The predicted molar refractivity (Wildman–Crippen MR) is 105 cm³/mol. The number of halogens is 2. The monoisotopic (exact) mass is 437 g/mol. The lowest BCUT2D eigenvalue weighted by Gasteiger charge is -2.11. The van der Waals surface area contributed by atoms with Crippen LogP contribution in [-0.2, 0) is 11.3 Å². The van der Waals surface area contributed by atoms with Gasteiger partial charge in [-0.3, -0.25) is 0 Å². The Morgan fingerprint density at radius 3 is 2.65 bits per heavy atom. The van der Waals surface area contributed by atoms with E-state index in [0.717, 1.165) is 50.7 Å². The van der Waals surface area contributed by atoms with Crippen molar-refractivity contribution in [2.75, 3.05) is 26.3 Å². The number of unbranched alkanes of at least 4 members (excludes halogenated alkanes) is 1. The van der Waals surface area contributed by atoms with Gasteiger partial charge in [-0.05, 0) is 50.8 Å². The Kier molecular flexibility index (Phi) is 13.0. The Balaban J connectivity index is 0.00000484. The molecule has 1 aromatic rings. The number of aliphatic imine (C=N–C) groups is 1. The normalized spacial score (nSPS) is 11.0. The van der Waals surface area contributed by atoms with Crippen molar-refractivity contribution in [1.29, 1.82) is 0 Å². The lowest BCUT2D eigenvalue weighted by molar-refractivity contribution is 0.143. The average Bonchev–Trinajstić information content (AvgIpc) is 2.51. The standard InChI is InChI=1S/C17H28FN3O.HI/c1-4-19-17(20-10-6-7-11-22-5-2)21-13-15-8-9-16(18)14(3)12-15;/h8-9,12H,4-7,10-11,13H2,1-3H3,(H2,19,20,21);1H. The Bertz CT molecular complexity index is 469. The topological polar surface area (TPSA) is 45.7 Å². The van der Waals surface area contributed by atoms with Gasteiger partial charge in [0.05, 0.1) is 6.54 Å². The second-order valence-electron chi connectivity index (χ2n) is 5.11. The van der Waals surface area contributed by atoms with Crippen LogP contribution in [0, 0.1) is 12.7 Å². The summed E-state index contributed by atoms with van der Waals surface area (Å²) < 4.78 is 18.6. The largest absolute Gasteiger partial charge is 0.382 e. The zero-order chi connectivity index (χ0) is 16.2. The molecule has 1 aromatic carbocycles. The zero-order valence-corrected chi connectivity index (χ0v) is 16.7. The molecule has 0 bridgehead atoms. The second kappa shape index (κ2) is 13.5. The Labute approximate surface area is 156 Å². The van der Waals surface area contributed by atoms with Gasteiger partial charge in [0, 0.05) is 26.3 Å². The number of ether oxygens (including phenoxy) is 1. The molecule has 0 heterocycles. The highest BCUT2D eigenvalue weighted by atomic mass is 127. The van der Waals surface area contributed by atoms with Gasteiger partial charge in [-0.2, -0.15) is 0 Å². The van der Waals surface area contributed by atoms with Gasteiger partial charge in [-0.25, -0.2) is 9.38 Å². The number of nitrogens with one attached hydrogen (secondary N) is 2. The number of benzene rings is 1. The highest BCUT2D eigenvalue weighted by Gasteiger charge is 2.00. The number of guanidine groups is 1. The summed E-state index contributed by atoms with van der Waals surface area (Å²) in [4.78, 5) is 4.53. The minimum Gasteiger partial charge on any atom is -0.382 e.